The zero-order valence-corrected chi connectivity index (χ0v) is 23.3. The van der Waals surface area contributed by atoms with Gasteiger partial charge in [-0.15, -0.1) is 0 Å². The second-order valence-electron chi connectivity index (χ2n) is 10.0. The summed E-state index contributed by atoms with van der Waals surface area (Å²) in [6.07, 6.45) is 4.98. The van der Waals surface area contributed by atoms with Crippen LogP contribution < -0.4 is 24.8 Å². The third-order valence-corrected chi connectivity index (χ3v) is 39.3. The Labute approximate surface area is 193 Å². The summed E-state index contributed by atoms with van der Waals surface area (Å²) >= 11 is -3.01. The van der Waals surface area contributed by atoms with E-state index in [-0.39, 0.29) is 24.8 Å². The van der Waals surface area contributed by atoms with E-state index in [0.29, 0.717) is 13.7 Å². The van der Waals surface area contributed by atoms with Crippen LogP contribution in [0, 0.1) is 0 Å². The Hall–Kier alpha value is -0.630. The van der Waals surface area contributed by atoms with Crippen LogP contribution in [0.2, 0.25) is 6.34 Å². The Balaban J connectivity index is 0.00000120. The van der Waals surface area contributed by atoms with Gasteiger partial charge in [0.1, 0.15) is 0 Å². The predicted octanol–water partition coefficient (Wildman–Crippen LogP) is 1.88. The molecule has 3 aliphatic rings. The van der Waals surface area contributed by atoms with Gasteiger partial charge < -0.3 is 24.8 Å². The van der Waals surface area contributed by atoms with Gasteiger partial charge in [0.25, 0.3) is 0 Å². The summed E-state index contributed by atoms with van der Waals surface area (Å²) in [5.41, 5.74) is 9.49. The molecule has 0 saturated carbocycles. The van der Waals surface area contributed by atoms with Crippen LogP contribution in [0.25, 0.3) is 12.2 Å². The van der Waals surface area contributed by atoms with Crippen molar-refractivity contribution in [2.24, 2.45) is 0 Å². The molecule has 0 aromatic heterocycles. The Kier molecular flexibility index (Phi) is 5.73. The van der Waals surface area contributed by atoms with Crippen molar-refractivity contribution in [3.05, 3.63) is 81.9 Å². The van der Waals surface area contributed by atoms with Gasteiger partial charge in [0.2, 0.25) is 0 Å². The van der Waals surface area contributed by atoms with Crippen LogP contribution in [0.5, 0.6) is 0 Å². The van der Waals surface area contributed by atoms with E-state index in [1.807, 2.05) is 0 Å². The van der Waals surface area contributed by atoms with E-state index in [0.717, 1.165) is 0 Å². The van der Waals surface area contributed by atoms with Gasteiger partial charge in [-0.25, -0.2) is 0 Å². The standard InChI is InChI=1S/2C10H9.C6H12.2ClH.Hf/c2*1-8-6-9-4-2-3-5-10(9)7-8;1-5(2)6(3)4;;;/h2*2-7H,1H3;1-4H3;2*1H;/q;;;;;+2/p-2. The summed E-state index contributed by atoms with van der Waals surface area (Å²) < 4.78 is 2.37. The van der Waals surface area contributed by atoms with E-state index < -0.39 is 20.0 Å². The number of allylic oxidation sites excluding steroid dienone is 2. The maximum atomic E-state index is 2.61. The predicted molar refractivity (Wildman–Crippen MR) is 114 cm³/mol. The molecule has 1 heterocycles. The minimum absolute atomic E-state index is 0. The third kappa shape index (κ3) is 2.60. The summed E-state index contributed by atoms with van der Waals surface area (Å²) in [7, 11) is 0. The first-order valence-electron chi connectivity index (χ1n) is 10.3. The van der Waals surface area contributed by atoms with Crippen molar-refractivity contribution in [1.29, 1.82) is 0 Å². The number of halogens is 2. The van der Waals surface area contributed by atoms with Crippen molar-refractivity contribution in [2.75, 3.05) is 0 Å². The first-order chi connectivity index (χ1) is 12.7. The number of hydrogen-bond donors (Lipinski definition) is 0. The van der Waals surface area contributed by atoms with Gasteiger partial charge >= 0.3 is 169 Å². The van der Waals surface area contributed by atoms with Gasteiger partial charge in [-0.3, -0.25) is 0 Å². The molecule has 0 N–H and O–H groups in total. The molecule has 0 amide bonds. The first kappa shape index (κ1) is 23.0. The summed E-state index contributed by atoms with van der Waals surface area (Å²) in [5.74, 6) is 0. The fourth-order valence-electron chi connectivity index (χ4n) is 7.18. The van der Waals surface area contributed by atoms with Crippen molar-refractivity contribution in [2.45, 2.75) is 55.2 Å². The van der Waals surface area contributed by atoms with Crippen molar-refractivity contribution in [1.82, 2.24) is 0 Å². The molecule has 2 aromatic rings. The van der Waals surface area contributed by atoms with Crippen LogP contribution in [-0.2, 0) is 20.0 Å². The molecule has 1 fully saturated rings. The van der Waals surface area contributed by atoms with Gasteiger partial charge in [0, 0.05) is 0 Å². The number of rotatable bonds is 2. The second-order valence-corrected chi connectivity index (χ2v) is 29.4. The van der Waals surface area contributed by atoms with E-state index in [1.54, 1.807) is 22.3 Å². The molecule has 5 rings (SSSR count). The molecule has 1 saturated heterocycles. The molecular weight excluding hydrogens is 562 g/mol. The fourth-order valence-corrected chi connectivity index (χ4v) is 44.2. The first-order valence-corrected chi connectivity index (χ1v) is 18.0. The average molecular weight is 592 g/mol. The number of benzene rings is 2. The third-order valence-electron chi connectivity index (χ3n) is 8.77. The maximum absolute atomic E-state index is 3.01. The average Bonchev–Trinajstić information content (AvgIpc) is 2.96. The van der Waals surface area contributed by atoms with Crippen LogP contribution >= 0.6 is 0 Å². The molecule has 0 spiro atoms. The van der Waals surface area contributed by atoms with Gasteiger partial charge in [-0.2, -0.15) is 0 Å². The Morgan fingerprint density at radius 2 is 0.966 bits per heavy atom. The van der Waals surface area contributed by atoms with Crippen molar-refractivity contribution >= 4 is 12.2 Å². The summed E-state index contributed by atoms with van der Waals surface area (Å²) in [6, 6.07) is 18.4. The van der Waals surface area contributed by atoms with E-state index in [1.165, 1.54) is 11.1 Å². The van der Waals surface area contributed by atoms with Crippen LogP contribution in [0.1, 0.15) is 71.1 Å². The smallest absolute Gasteiger partial charge is 1.00 e. The van der Waals surface area contributed by atoms with Crippen LogP contribution in [0.4, 0.5) is 0 Å². The van der Waals surface area contributed by atoms with Gasteiger partial charge in [0.05, 0.1) is 0 Å². The Morgan fingerprint density at radius 3 is 1.31 bits per heavy atom. The number of hydrogen-bond acceptors (Lipinski definition) is 0. The van der Waals surface area contributed by atoms with Gasteiger partial charge in [-0.1, -0.05) is 0 Å². The molecule has 152 valence electrons. The molecule has 2 unspecified atom stereocenters. The van der Waals surface area contributed by atoms with E-state index in [2.05, 4.69) is 102 Å². The molecule has 0 bridgehead atoms. The normalized spacial score (nSPS) is 25.2. The molecule has 3 heteroatoms. The zero-order valence-electron chi connectivity index (χ0n) is 18.2. The molecule has 0 nitrogen and oxygen atoms in total. The van der Waals surface area contributed by atoms with Crippen molar-refractivity contribution in [3.63, 3.8) is 0 Å². The van der Waals surface area contributed by atoms with Crippen LogP contribution in [0.15, 0.2) is 59.7 Å². The fraction of sp³-hybridized carbons (Fsp3) is 0.385. The van der Waals surface area contributed by atoms with Crippen molar-refractivity contribution in [3.8, 4) is 0 Å². The van der Waals surface area contributed by atoms with E-state index in [9.17, 15) is 0 Å². The molecule has 0 radical (unpaired) electrons. The molecule has 29 heavy (non-hydrogen) atoms. The quantitative estimate of drug-likeness (QED) is 0.468. The number of fused-ring (bicyclic) bond motifs is 2. The molecule has 2 aromatic carbocycles. The monoisotopic (exact) mass is 592 g/mol. The van der Waals surface area contributed by atoms with E-state index >= 15 is 0 Å². The Morgan fingerprint density at radius 1 is 0.621 bits per heavy atom. The molecule has 2 aliphatic carbocycles. The zero-order chi connectivity index (χ0) is 19.2. The largest absolute Gasteiger partial charge is 1.00 e. The van der Waals surface area contributed by atoms with E-state index in [4.69, 9.17) is 0 Å². The topological polar surface area (TPSA) is 0 Å². The minimum Gasteiger partial charge on any atom is -1.00 e. The van der Waals surface area contributed by atoms with Crippen LogP contribution in [0.3, 0.4) is 0 Å². The minimum atomic E-state index is -3.01. The summed E-state index contributed by atoms with van der Waals surface area (Å²) in [6.45, 7) is 15.3. The molecular formula is C26H30Cl2Hf. The SMILES string of the molecule is CC1=Cc2ccccc2[CH]1[Hf+2]1([CH]2C(C)=Cc3ccccc32)[C](C)(C)[C]1(C)C.[Cl-].[Cl-]. The molecule has 1 aliphatic heterocycles. The van der Waals surface area contributed by atoms with Crippen molar-refractivity contribution < 1.29 is 44.8 Å². The second kappa shape index (κ2) is 7.21. The Bertz CT molecular complexity index is 945. The molecule has 2 atom stereocenters. The van der Waals surface area contributed by atoms with Gasteiger partial charge in [0.15, 0.2) is 0 Å². The maximum Gasteiger partial charge on any atom is -1.00 e. The van der Waals surface area contributed by atoms with Crippen LogP contribution in [-0.4, -0.2) is 0 Å². The van der Waals surface area contributed by atoms with Gasteiger partial charge in [-0.05, 0) is 0 Å². The summed E-state index contributed by atoms with van der Waals surface area (Å²) in [4.78, 5) is 0. The summed E-state index contributed by atoms with van der Waals surface area (Å²) in [5, 5.41) is 0.